The number of carbonyl (C=O) groups excluding carboxylic acids is 1. The van der Waals surface area contributed by atoms with Gasteiger partial charge < -0.3 is 19.9 Å². The fourth-order valence-electron chi connectivity index (χ4n) is 4.25. The number of benzene rings is 1. The second-order valence-electron chi connectivity index (χ2n) is 8.49. The molecule has 0 radical (unpaired) electrons. The van der Waals surface area contributed by atoms with Gasteiger partial charge in [-0.3, -0.25) is 4.79 Å². The molecule has 1 saturated heterocycles. The van der Waals surface area contributed by atoms with E-state index in [1.807, 2.05) is 36.1 Å². The molecule has 0 spiro atoms. The van der Waals surface area contributed by atoms with Crippen LogP contribution in [-0.4, -0.2) is 59.5 Å². The molecule has 8 heteroatoms. The zero-order valence-electron chi connectivity index (χ0n) is 18.3. The van der Waals surface area contributed by atoms with Crippen LogP contribution in [0, 0.1) is 0 Å². The highest BCUT2D eigenvalue weighted by Gasteiger charge is 2.32. The van der Waals surface area contributed by atoms with Crippen LogP contribution in [0.5, 0.6) is 0 Å². The standard InChI is InChI=1S/C23H30ClN5O2/c1-15(2)25-12-19(17-4-6-18(24)7-5-17)23(30)29-10-8-28(9-11-29)22-21-16(3)31-13-20(21)26-14-27-22/h4-7,14-16,19,25H,8-13H2,1-3H3. The molecule has 166 valence electrons. The Balaban J connectivity index is 1.46. The summed E-state index contributed by atoms with van der Waals surface area (Å²) in [6.45, 7) is 10.2. The Morgan fingerprint density at radius 2 is 1.90 bits per heavy atom. The molecule has 2 aromatic rings. The van der Waals surface area contributed by atoms with Gasteiger partial charge in [-0.2, -0.15) is 0 Å². The number of hydrogen-bond acceptors (Lipinski definition) is 6. The highest BCUT2D eigenvalue weighted by Crippen LogP contribution is 2.35. The number of carbonyl (C=O) groups is 1. The van der Waals surface area contributed by atoms with Crippen LogP contribution >= 0.6 is 11.6 Å². The maximum atomic E-state index is 13.5. The summed E-state index contributed by atoms with van der Waals surface area (Å²) in [5.41, 5.74) is 3.05. The van der Waals surface area contributed by atoms with Crippen LogP contribution in [0.25, 0.3) is 0 Å². The first-order valence-corrected chi connectivity index (χ1v) is 11.3. The van der Waals surface area contributed by atoms with Gasteiger partial charge in [-0.05, 0) is 24.6 Å². The summed E-state index contributed by atoms with van der Waals surface area (Å²) in [6.07, 6.45) is 1.61. The lowest BCUT2D eigenvalue weighted by Crippen LogP contribution is -2.51. The first-order chi connectivity index (χ1) is 14.9. The summed E-state index contributed by atoms with van der Waals surface area (Å²) in [7, 11) is 0. The molecule has 3 heterocycles. The van der Waals surface area contributed by atoms with Gasteiger partial charge in [0, 0.05) is 49.4 Å². The van der Waals surface area contributed by atoms with E-state index in [0.29, 0.717) is 37.3 Å². The predicted octanol–water partition coefficient (Wildman–Crippen LogP) is 3.15. The van der Waals surface area contributed by atoms with Crippen LogP contribution in [0.15, 0.2) is 30.6 Å². The van der Waals surface area contributed by atoms with Crippen LogP contribution in [0.2, 0.25) is 5.02 Å². The average Bonchev–Trinajstić information content (AvgIpc) is 3.16. The highest BCUT2D eigenvalue weighted by molar-refractivity contribution is 6.30. The van der Waals surface area contributed by atoms with Gasteiger partial charge in [0.1, 0.15) is 12.1 Å². The van der Waals surface area contributed by atoms with Gasteiger partial charge >= 0.3 is 0 Å². The number of anilines is 1. The quantitative estimate of drug-likeness (QED) is 0.739. The first-order valence-electron chi connectivity index (χ1n) is 10.9. The van der Waals surface area contributed by atoms with Crippen LogP contribution < -0.4 is 10.2 Å². The van der Waals surface area contributed by atoms with Gasteiger partial charge in [0.2, 0.25) is 5.91 Å². The van der Waals surface area contributed by atoms with Gasteiger partial charge in [-0.15, -0.1) is 0 Å². The molecule has 1 aromatic carbocycles. The molecule has 0 aliphatic carbocycles. The predicted molar refractivity (Wildman–Crippen MR) is 121 cm³/mol. The van der Waals surface area contributed by atoms with Crippen molar-refractivity contribution in [1.29, 1.82) is 0 Å². The number of ether oxygens (including phenoxy) is 1. The van der Waals surface area contributed by atoms with Crippen LogP contribution in [0.3, 0.4) is 0 Å². The molecule has 1 fully saturated rings. The summed E-state index contributed by atoms with van der Waals surface area (Å²) in [6, 6.07) is 7.92. The Morgan fingerprint density at radius 1 is 1.19 bits per heavy atom. The van der Waals surface area contributed by atoms with E-state index in [1.165, 1.54) is 0 Å². The van der Waals surface area contributed by atoms with E-state index in [9.17, 15) is 4.79 Å². The lowest BCUT2D eigenvalue weighted by atomic mass is 9.96. The van der Waals surface area contributed by atoms with Crippen molar-refractivity contribution in [2.45, 2.75) is 45.4 Å². The third-order valence-corrected chi connectivity index (χ3v) is 6.27. The number of fused-ring (bicyclic) bond motifs is 1. The number of amides is 1. The normalized spacial score (nSPS) is 19.6. The number of nitrogens with one attached hydrogen (secondary N) is 1. The minimum atomic E-state index is -0.233. The maximum Gasteiger partial charge on any atom is 0.231 e. The van der Waals surface area contributed by atoms with Crippen molar-refractivity contribution in [2.24, 2.45) is 0 Å². The molecular weight excluding hydrogens is 414 g/mol. The topological polar surface area (TPSA) is 70.6 Å². The van der Waals surface area contributed by atoms with Crippen LogP contribution in [0.1, 0.15) is 49.6 Å². The largest absolute Gasteiger partial charge is 0.367 e. The molecule has 2 unspecified atom stereocenters. The smallest absolute Gasteiger partial charge is 0.231 e. The molecule has 2 aliphatic rings. The minimum absolute atomic E-state index is 0.00209. The molecule has 2 atom stereocenters. The van der Waals surface area contributed by atoms with Crippen molar-refractivity contribution in [3.05, 3.63) is 52.4 Å². The molecule has 1 amide bonds. The molecule has 1 aromatic heterocycles. The second-order valence-corrected chi connectivity index (χ2v) is 8.93. The summed E-state index contributed by atoms with van der Waals surface area (Å²) < 4.78 is 5.74. The lowest BCUT2D eigenvalue weighted by Gasteiger charge is -2.38. The number of rotatable bonds is 6. The average molecular weight is 444 g/mol. The molecular formula is C23H30ClN5O2. The van der Waals surface area contributed by atoms with Crippen molar-refractivity contribution in [1.82, 2.24) is 20.2 Å². The molecule has 0 saturated carbocycles. The van der Waals surface area contributed by atoms with E-state index in [1.54, 1.807) is 6.33 Å². The Morgan fingerprint density at radius 3 is 2.58 bits per heavy atom. The number of nitrogens with zero attached hydrogens (tertiary/aromatic N) is 4. The molecule has 4 rings (SSSR count). The monoisotopic (exact) mass is 443 g/mol. The summed E-state index contributed by atoms with van der Waals surface area (Å²) >= 11 is 6.06. The van der Waals surface area contributed by atoms with Gasteiger partial charge in [0.25, 0.3) is 0 Å². The van der Waals surface area contributed by atoms with E-state index in [2.05, 4.69) is 34.0 Å². The minimum Gasteiger partial charge on any atom is -0.367 e. The third-order valence-electron chi connectivity index (χ3n) is 6.01. The maximum absolute atomic E-state index is 13.5. The Kier molecular flexibility index (Phi) is 6.74. The molecule has 7 nitrogen and oxygen atoms in total. The van der Waals surface area contributed by atoms with E-state index < -0.39 is 0 Å². The van der Waals surface area contributed by atoms with Crippen molar-refractivity contribution >= 4 is 23.3 Å². The molecule has 1 N–H and O–H groups in total. The number of hydrogen-bond donors (Lipinski definition) is 1. The van der Waals surface area contributed by atoms with Gasteiger partial charge in [-0.25, -0.2) is 9.97 Å². The Hall–Kier alpha value is -2.22. The second kappa shape index (κ2) is 9.51. The summed E-state index contributed by atoms with van der Waals surface area (Å²) in [5, 5.41) is 4.10. The zero-order chi connectivity index (χ0) is 22.0. The van der Waals surface area contributed by atoms with Crippen molar-refractivity contribution in [3.63, 3.8) is 0 Å². The molecule has 2 aliphatic heterocycles. The number of aromatic nitrogens is 2. The fourth-order valence-corrected chi connectivity index (χ4v) is 4.37. The van der Waals surface area contributed by atoms with E-state index >= 15 is 0 Å². The lowest BCUT2D eigenvalue weighted by molar-refractivity contribution is -0.133. The summed E-state index contributed by atoms with van der Waals surface area (Å²) in [4.78, 5) is 26.6. The van der Waals surface area contributed by atoms with Crippen LogP contribution in [-0.2, 0) is 16.1 Å². The van der Waals surface area contributed by atoms with Gasteiger partial charge in [-0.1, -0.05) is 37.6 Å². The van der Waals surface area contributed by atoms with Crippen LogP contribution in [0.4, 0.5) is 5.82 Å². The number of piperazine rings is 1. The fraction of sp³-hybridized carbons (Fsp3) is 0.522. The van der Waals surface area contributed by atoms with Crippen molar-refractivity contribution in [2.75, 3.05) is 37.6 Å². The Labute approximate surface area is 188 Å². The van der Waals surface area contributed by atoms with Gasteiger partial charge in [0.05, 0.1) is 24.3 Å². The summed E-state index contributed by atoms with van der Waals surface area (Å²) in [5.74, 6) is 0.862. The SMILES string of the molecule is CC(C)NCC(C(=O)N1CCN(c2ncnc3c2C(C)OC3)CC1)c1ccc(Cl)cc1. The highest BCUT2D eigenvalue weighted by atomic mass is 35.5. The molecule has 31 heavy (non-hydrogen) atoms. The molecule has 0 bridgehead atoms. The van der Waals surface area contributed by atoms with E-state index in [4.69, 9.17) is 16.3 Å². The zero-order valence-corrected chi connectivity index (χ0v) is 19.1. The Bertz CT molecular complexity index is 913. The third kappa shape index (κ3) is 4.84. The van der Waals surface area contributed by atoms with Crippen molar-refractivity contribution < 1.29 is 9.53 Å². The number of halogens is 1. The van der Waals surface area contributed by atoms with Gasteiger partial charge in [0.15, 0.2) is 0 Å². The van der Waals surface area contributed by atoms with Crippen molar-refractivity contribution in [3.8, 4) is 0 Å². The first kappa shape index (κ1) is 22.0. The van der Waals surface area contributed by atoms with E-state index in [-0.39, 0.29) is 17.9 Å². The van der Waals surface area contributed by atoms with E-state index in [0.717, 1.165) is 35.7 Å².